The maximum atomic E-state index is 12.2. The number of methoxy groups -OCH3 is 2. The molecule has 1 amide bonds. The van der Waals surface area contributed by atoms with Crippen LogP contribution in [0.3, 0.4) is 0 Å². The minimum atomic E-state index is -0.256. The molecular weight excluding hydrogens is 390 g/mol. The highest BCUT2D eigenvalue weighted by Crippen LogP contribution is 2.29. The van der Waals surface area contributed by atoms with Gasteiger partial charge in [0, 0.05) is 11.3 Å². The second-order valence-corrected chi connectivity index (χ2v) is 6.81. The molecule has 0 aliphatic rings. The average Bonchev–Trinajstić information content (AvgIpc) is 3.12. The number of hydrazone groups is 1. The molecular formula is C20H21N5O3S. The Morgan fingerprint density at radius 3 is 2.66 bits per heavy atom. The molecule has 1 N–H and O–H groups in total. The molecule has 0 unspecified atom stereocenters. The first-order chi connectivity index (χ1) is 14.1. The first-order valence-corrected chi connectivity index (χ1v) is 9.75. The number of hydrogen-bond donors (Lipinski definition) is 1. The number of nitrogens with zero attached hydrogens (tertiary/aromatic N) is 4. The molecule has 1 aromatic heterocycles. The highest BCUT2D eigenvalue weighted by atomic mass is 32.2. The number of aromatic nitrogens is 3. The van der Waals surface area contributed by atoms with E-state index >= 15 is 0 Å². The largest absolute Gasteiger partial charge is 0.493 e. The lowest BCUT2D eigenvalue weighted by Crippen LogP contribution is -2.20. The van der Waals surface area contributed by atoms with Gasteiger partial charge >= 0.3 is 0 Å². The predicted octanol–water partition coefficient (Wildman–Crippen LogP) is 2.84. The second-order valence-electron chi connectivity index (χ2n) is 5.87. The molecule has 0 spiro atoms. The quantitative estimate of drug-likeness (QED) is 0.348. The van der Waals surface area contributed by atoms with Gasteiger partial charge in [-0.3, -0.25) is 9.36 Å². The van der Waals surface area contributed by atoms with Crippen LogP contribution in [0.25, 0.3) is 5.69 Å². The number of rotatable bonds is 8. The molecule has 0 radical (unpaired) electrons. The zero-order chi connectivity index (χ0) is 20.6. The second kappa shape index (κ2) is 9.74. The molecule has 0 atom stereocenters. The van der Waals surface area contributed by atoms with Crippen molar-refractivity contribution in [2.45, 2.75) is 12.1 Å². The monoisotopic (exact) mass is 411 g/mol. The van der Waals surface area contributed by atoms with Crippen LogP contribution in [-0.2, 0) is 4.79 Å². The van der Waals surface area contributed by atoms with E-state index in [1.165, 1.54) is 18.0 Å². The molecule has 0 aliphatic heterocycles. The van der Waals surface area contributed by atoms with Crippen molar-refractivity contribution in [3.05, 3.63) is 59.9 Å². The summed E-state index contributed by atoms with van der Waals surface area (Å²) in [5.41, 5.74) is 4.15. The van der Waals surface area contributed by atoms with Crippen molar-refractivity contribution in [3.63, 3.8) is 0 Å². The van der Waals surface area contributed by atoms with Gasteiger partial charge in [0.1, 0.15) is 5.82 Å². The maximum Gasteiger partial charge on any atom is 0.250 e. The smallest absolute Gasteiger partial charge is 0.250 e. The summed E-state index contributed by atoms with van der Waals surface area (Å²) in [7, 11) is 3.11. The SMILES string of the molecule is COc1cccc(/C=N\NC(=O)CSc2nnc(C)n2-c2ccccc2)c1OC. The van der Waals surface area contributed by atoms with Crippen molar-refractivity contribution in [1.29, 1.82) is 0 Å². The van der Waals surface area contributed by atoms with E-state index in [1.54, 1.807) is 20.3 Å². The minimum absolute atomic E-state index is 0.150. The molecule has 0 saturated heterocycles. The zero-order valence-electron chi connectivity index (χ0n) is 16.3. The molecule has 150 valence electrons. The molecule has 3 rings (SSSR count). The van der Waals surface area contributed by atoms with Crippen molar-refractivity contribution in [2.75, 3.05) is 20.0 Å². The van der Waals surface area contributed by atoms with E-state index in [9.17, 15) is 4.79 Å². The normalized spacial score (nSPS) is 10.9. The summed E-state index contributed by atoms with van der Waals surface area (Å²) < 4.78 is 12.5. The van der Waals surface area contributed by atoms with E-state index in [4.69, 9.17) is 9.47 Å². The maximum absolute atomic E-state index is 12.2. The fourth-order valence-electron chi connectivity index (χ4n) is 2.66. The molecule has 8 nitrogen and oxygen atoms in total. The lowest BCUT2D eigenvalue weighted by molar-refractivity contribution is -0.118. The highest BCUT2D eigenvalue weighted by Gasteiger charge is 2.13. The van der Waals surface area contributed by atoms with Crippen LogP contribution < -0.4 is 14.9 Å². The van der Waals surface area contributed by atoms with Crippen LogP contribution in [0.15, 0.2) is 58.8 Å². The lowest BCUT2D eigenvalue weighted by Gasteiger charge is -2.09. The van der Waals surface area contributed by atoms with Gasteiger partial charge in [0.2, 0.25) is 0 Å². The first-order valence-electron chi connectivity index (χ1n) is 8.77. The Labute approximate surface area is 172 Å². The topological polar surface area (TPSA) is 90.6 Å². The van der Waals surface area contributed by atoms with Crippen molar-refractivity contribution in [2.24, 2.45) is 5.10 Å². The Balaban J connectivity index is 1.62. The van der Waals surface area contributed by atoms with E-state index in [1.807, 2.05) is 54.0 Å². The Kier molecular flexibility index (Phi) is 6.85. The van der Waals surface area contributed by atoms with Crippen LogP contribution in [0, 0.1) is 6.92 Å². The average molecular weight is 411 g/mol. The van der Waals surface area contributed by atoms with E-state index in [2.05, 4.69) is 20.7 Å². The summed E-state index contributed by atoms with van der Waals surface area (Å²) in [4.78, 5) is 12.2. The molecule has 0 aliphatic carbocycles. The number of nitrogens with one attached hydrogen (secondary N) is 1. The number of carbonyl (C=O) groups excluding carboxylic acids is 1. The third-order valence-corrected chi connectivity index (χ3v) is 4.90. The van der Waals surface area contributed by atoms with Crippen LogP contribution in [-0.4, -0.2) is 46.9 Å². The van der Waals surface area contributed by atoms with Crippen LogP contribution in [0.5, 0.6) is 11.5 Å². The van der Waals surface area contributed by atoms with Gasteiger partial charge in [-0.15, -0.1) is 10.2 Å². The summed E-state index contributed by atoms with van der Waals surface area (Å²) in [6, 6.07) is 15.2. The summed E-state index contributed by atoms with van der Waals surface area (Å²) in [6.45, 7) is 1.87. The number of para-hydroxylation sites is 2. The van der Waals surface area contributed by atoms with E-state index in [0.29, 0.717) is 22.2 Å². The van der Waals surface area contributed by atoms with Crippen LogP contribution >= 0.6 is 11.8 Å². The standard InChI is InChI=1S/C20H21N5O3S/c1-14-22-24-20(25(14)16-9-5-4-6-10-16)29-13-18(26)23-21-12-15-8-7-11-17(27-2)19(15)28-3/h4-12H,13H2,1-3H3,(H,23,26)/b21-12-. The van der Waals surface area contributed by atoms with Crippen molar-refractivity contribution in [3.8, 4) is 17.2 Å². The number of benzene rings is 2. The van der Waals surface area contributed by atoms with Crippen molar-refractivity contribution >= 4 is 23.9 Å². The number of ether oxygens (including phenoxy) is 2. The Morgan fingerprint density at radius 1 is 1.14 bits per heavy atom. The Morgan fingerprint density at radius 2 is 1.93 bits per heavy atom. The van der Waals surface area contributed by atoms with Gasteiger partial charge in [-0.05, 0) is 31.2 Å². The number of aryl methyl sites for hydroxylation is 1. The van der Waals surface area contributed by atoms with Gasteiger partial charge in [-0.1, -0.05) is 36.0 Å². The van der Waals surface area contributed by atoms with E-state index < -0.39 is 0 Å². The molecule has 0 saturated carbocycles. The molecule has 2 aromatic carbocycles. The number of amides is 1. The summed E-state index contributed by atoms with van der Waals surface area (Å²) in [6.07, 6.45) is 1.51. The number of thioether (sulfide) groups is 1. The van der Waals surface area contributed by atoms with Crippen LogP contribution in [0.1, 0.15) is 11.4 Å². The van der Waals surface area contributed by atoms with Gasteiger partial charge < -0.3 is 9.47 Å². The third kappa shape index (κ3) is 4.94. The summed E-state index contributed by atoms with van der Waals surface area (Å²) >= 11 is 1.29. The van der Waals surface area contributed by atoms with Gasteiger partial charge in [0.25, 0.3) is 5.91 Å². The van der Waals surface area contributed by atoms with Gasteiger partial charge in [-0.2, -0.15) is 5.10 Å². The lowest BCUT2D eigenvalue weighted by atomic mass is 10.2. The predicted molar refractivity (Wildman–Crippen MR) is 112 cm³/mol. The fraction of sp³-hybridized carbons (Fsp3) is 0.200. The van der Waals surface area contributed by atoms with Gasteiger partial charge in [-0.25, -0.2) is 5.43 Å². The van der Waals surface area contributed by atoms with Crippen LogP contribution in [0.2, 0.25) is 0 Å². The molecule has 0 fully saturated rings. The molecule has 3 aromatic rings. The summed E-state index contributed by atoms with van der Waals surface area (Å²) in [5.74, 6) is 1.79. The first kappa shape index (κ1) is 20.4. The van der Waals surface area contributed by atoms with Gasteiger partial charge in [0.05, 0.1) is 26.2 Å². The zero-order valence-corrected chi connectivity index (χ0v) is 17.1. The molecule has 0 bridgehead atoms. The number of hydrogen-bond acceptors (Lipinski definition) is 7. The Bertz CT molecular complexity index is 1000. The van der Waals surface area contributed by atoms with E-state index in [0.717, 1.165) is 11.5 Å². The van der Waals surface area contributed by atoms with Crippen LogP contribution in [0.4, 0.5) is 0 Å². The van der Waals surface area contributed by atoms with Crippen molar-refractivity contribution < 1.29 is 14.3 Å². The van der Waals surface area contributed by atoms with E-state index in [-0.39, 0.29) is 11.7 Å². The highest BCUT2D eigenvalue weighted by molar-refractivity contribution is 7.99. The molecule has 29 heavy (non-hydrogen) atoms. The third-order valence-electron chi connectivity index (χ3n) is 3.97. The van der Waals surface area contributed by atoms with Crippen molar-refractivity contribution in [1.82, 2.24) is 20.2 Å². The Hall–Kier alpha value is -3.33. The van der Waals surface area contributed by atoms with Gasteiger partial charge in [0.15, 0.2) is 16.7 Å². The summed E-state index contributed by atoms with van der Waals surface area (Å²) in [5, 5.41) is 12.9. The number of carbonyl (C=O) groups is 1. The minimum Gasteiger partial charge on any atom is -0.493 e. The fourth-order valence-corrected chi connectivity index (χ4v) is 3.45. The molecule has 1 heterocycles. The molecule has 9 heteroatoms.